The number of hydrogen-bond donors (Lipinski definition) is 3. The van der Waals surface area contributed by atoms with E-state index in [2.05, 4.69) is 5.32 Å². The SMILES string of the molecule is CC(C)C(O)C(NC(=O)O)c1ccc(Cl)cc1Cl. The van der Waals surface area contributed by atoms with Gasteiger partial charge in [0.05, 0.1) is 12.1 Å². The van der Waals surface area contributed by atoms with Gasteiger partial charge in [0, 0.05) is 10.0 Å². The van der Waals surface area contributed by atoms with Crippen molar-refractivity contribution in [3.8, 4) is 0 Å². The quantitative estimate of drug-likeness (QED) is 0.797. The van der Waals surface area contributed by atoms with Gasteiger partial charge >= 0.3 is 6.09 Å². The van der Waals surface area contributed by atoms with Crippen LogP contribution in [-0.2, 0) is 0 Å². The maximum absolute atomic E-state index is 10.8. The number of hydrogen-bond acceptors (Lipinski definition) is 2. The molecule has 0 heterocycles. The third-order valence-corrected chi connectivity index (χ3v) is 3.16. The first-order valence-electron chi connectivity index (χ1n) is 5.45. The summed E-state index contributed by atoms with van der Waals surface area (Å²) >= 11 is 11.8. The zero-order chi connectivity index (χ0) is 13.9. The molecule has 6 heteroatoms. The van der Waals surface area contributed by atoms with Crippen LogP contribution in [0.3, 0.4) is 0 Å². The molecule has 0 aliphatic heterocycles. The van der Waals surface area contributed by atoms with Gasteiger partial charge in [0.25, 0.3) is 0 Å². The summed E-state index contributed by atoms with van der Waals surface area (Å²) in [6.45, 7) is 3.59. The molecule has 0 aliphatic rings. The maximum atomic E-state index is 10.8. The Morgan fingerprint density at radius 2 is 1.94 bits per heavy atom. The number of halogens is 2. The van der Waals surface area contributed by atoms with E-state index in [4.69, 9.17) is 28.3 Å². The number of nitrogens with one attached hydrogen (secondary N) is 1. The highest BCUT2D eigenvalue weighted by Gasteiger charge is 2.27. The fraction of sp³-hybridized carbons (Fsp3) is 0.417. The van der Waals surface area contributed by atoms with Crippen LogP contribution in [-0.4, -0.2) is 22.4 Å². The van der Waals surface area contributed by atoms with Gasteiger partial charge in [-0.15, -0.1) is 0 Å². The minimum Gasteiger partial charge on any atom is -0.465 e. The zero-order valence-corrected chi connectivity index (χ0v) is 11.5. The molecular weight excluding hydrogens is 277 g/mol. The van der Waals surface area contributed by atoms with Gasteiger partial charge in [-0.1, -0.05) is 43.1 Å². The highest BCUT2D eigenvalue weighted by atomic mass is 35.5. The number of aliphatic hydroxyl groups excluding tert-OH is 1. The molecule has 0 radical (unpaired) electrons. The van der Waals surface area contributed by atoms with E-state index in [-0.39, 0.29) is 5.92 Å². The molecule has 1 aromatic rings. The van der Waals surface area contributed by atoms with E-state index in [9.17, 15) is 9.90 Å². The minimum atomic E-state index is -1.22. The number of carbonyl (C=O) groups is 1. The highest BCUT2D eigenvalue weighted by Crippen LogP contribution is 2.30. The third kappa shape index (κ3) is 3.77. The van der Waals surface area contributed by atoms with E-state index in [0.717, 1.165) is 0 Å². The van der Waals surface area contributed by atoms with Crippen molar-refractivity contribution in [3.05, 3.63) is 33.8 Å². The lowest BCUT2D eigenvalue weighted by Crippen LogP contribution is -2.38. The Balaban J connectivity index is 3.12. The average Bonchev–Trinajstić information content (AvgIpc) is 2.25. The van der Waals surface area contributed by atoms with Crippen molar-refractivity contribution in [2.24, 2.45) is 5.92 Å². The van der Waals surface area contributed by atoms with Crippen LogP contribution < -0.4 is 5.32 Å². The average molecular weight is 292 g/mol. The van der Waals surface area contributed by atoms with Crippen molar-refractivity contribution >= 4 is 29.3 Å². The number of benzene rings is 1. The lowest BCUT2D eigenvalue weighted by molar-refractivity contribution is 0.0809. The van der Waals surface area contributed by atoms with Crippen LogP contribution in [0, 0.1) is 5.92 Å². The molecule has 2 atom stereocenters. The van der Waals surface area contributed by atoms with Crippen LogP contribution in [0.2, 0.25) is 10.0 Å². The first kappa shape index (κ1) is 15.1. The first-order valence-corrected chi connectivity index (χ1v) is 6.21. The molecule has 0 fully saturated rings. The fourth-order valence-corrected chi connectivity index (χ4v) is 2.14. The molecule has 100 valence electrons. The third-order valence-electron chi connectivity index (χ3n) is 2.60. The molecule has 3 N–H and O–H groups in total. The summed E-state index contributed by atoms with van der Waals surface area (Å²) in [6, 6.07) is 3.94. The van der Waals surface area contributed by atoms with Crippen molar-refractivity contribution in [3.63, 3.8) is 0 Å². The molecule has 1 amide bonds. The summed E-state index contributed by atoms with van der Waals surface area (Å²) in [7, 11) is 0. The van der Waals surface area contributed by atoms with Gasteiger partial charge in [0.15, 0.2) is 0 Å². The topological polar surface area (TPSA) is 69.6 Å². The van der Waals surface area contributed by atoms with Crippen LogP contribution in [0.5, 0.6) is 0 Å². The van der Waals surface area contributed by atoms with E-state index >= 15 is 0 Å². The van der Waals surface area contributed by atoms with Crippen molar-refractivity contribution in [2.75, 3.05) is 0 Å². The molecule has 18 heavy (non-hydrogen) atoms. The summed E-state index contributed by atoms with van der Waals surface area (Å²) in [6.07, 6.45) is -2.09. The largest absolute Gasteiger partial charge is 0.465 e. The molecule has 1 rings (SSSR count). The van der Waals surface area contributed by atoms with Gasteiger partial charge in [0.2, 0.25) is 0 Å². The predicted molar refractivity (Wildman–Crippen MR) is 71.2 cm³/mol. The fourth-order valence-electron chi connectivity index (χ4n) is 1.62. The summed E-state index contributed by atoms with van der Waals surface area (Å²) in [5.41, 5.74) is 0.504. The highest BCUT2D eigenvalue weighted by molar-refractivity contribution is 6.35. The van der Waals surface area contributed by atoms with Gasteiger partial charge in [-0.25, -0.2) is 4.79 Å². The molecule has 0 spiro atoms. The Kier molecular flexibility index (Phi) is 5.26. The summed E-state index contributed by atoms with van der Waals surface area (Å²) in [5.74, 6) is -0.117. The lowest BCUT2D eigenvalue weighted by atomic mass is 9.94. The summed E-state index contributed by atoms with van der Waals surface area (Å²) in [5, 5.41) is 21.9. The Morgan fingerprint density at radius 3 is 2.39 bits per heavy atom. The summed E-state index contributed by atoms with van der Waals surface area (Å²) in [4.78, 5) is 10.8. The Labute approximate surface area is 116 Å². The molecular formula is C12H15Cl2NO3. The van der Waals surface area contributed by atoms with Gasteiger partial charge < -0.3 is 15.5 Å². The molecule has 0 bridgehead atoms. The second-order valence-electron chi connectivity index (χ2n) is 4.33. The number of rotatable bonds is 4. The molecule has 0 saturated heterocycles. The second-order valence-corrected chi connectivity index (χ2v) is 5.17. The van der Waals surface area contributed by atoms with Crippen LogP contribution in [0.15, 0.2) is 18.2 Å². The maximum Gasteiger partial charge on any atom is 0.405 e. The number of aliphatic hydroxyl groups is 1. The van der Waals surface area contributed by atoms with Crippen molar-refractivity contribution in [2.45, 2.75) is 26.0 Å². The van der Waals surface area contributed by atoms with Gasteiger partial charge in [-0.2, -0.15) is 0 Å². The Hall–Kier alpha value is -0.970. The van der Waals surface area contributed by atoms with Gasteiger partial charge in [0.1, 0.15) is 0 Å². The van der Waals surface area contributed by atoms with E-state index in [1.165, 1.54) is 6.07 Å². The van der Waals surface area contributed by atoms with E-state index in [1.807, 2.05) is 0 Å². The van der Waals surface area contributed by atoms with Crippen LogP contribution in [0.4, 0.5) is 4.79 Å². The number of amides is 1. The van der Waals surface area contributed by atoms with E-state index in [1.54, 1.807) is 26.0 Å². The molecule has 0 saturated carbocycles. The molecule has 0 aliphatic carbocycles. The predicted octanol–water partition coefficient (Wildman–Crippen LogP) is 3.32. The molecule has 2 unspecified atom stereocenters. The van der Waals surface area contributed by atoms with Crippen LogP contribution in [0.1, 0.15) is 25.5 Å². The monoisotopic (exact) mass is 291 g/mol. The van der Waals surface area contributed by atoms with Crippen molar-refractivity contribution in [1.29, 1.82) is 0 Å². The normalized spacial score (nSPS) is 14.3. The lowest BCUT2D eigenvalue weighted by Gasteiger charge is -2.26. The zero-order valence-electron chi connectivity index (χ0n) is 10.0. The second kappa shape index (κ2) is 6.27. The molecule has 1 aromatic carbocycles. The van der Waals surface area contributed by atoms with Crippen molar-refractivity contribution in [1.82, 2.24) is 5.32 Å². The van der Waals surface area contributed by atoms with E-state index < -0.39 is 18.2 Å². The van der Waals surface area contributed by atoms with Crippen molar-refractivity contribution < 1.29 is 15.0 Å². The molecule has 4 nitrogen and oxygen atoms in total. The van der Waals surface area contributed by atoms with Gasteiger partial charge in [-0.05, 0) is 23.6 Å². The minimum absolute atomic E-state index is 0.117. The van der Waals surface area contributed by atoms with Crippen LogP contribution >= 0.6 is 23.2 Å². The van der Waals surface area contributed by atoms with E-state index in [0.29, 0.717) is 15.6 Å². The summed E-state index contributed by atoms with van der Waals surface area (Å²) < 4.78 is 0. The Bertz CT molecular complexity index is 437. The molecule has 0 aromatic heterocycles. The standard InChI is InChI=1S/C12H15Cl2NO3/c1-6(2)11(16)10(15-12(17)18)8-4-3-7(13)5-9(8)14/h3-6,10-11,15-16H,1-2H3,(H,17,18). The Morgan fingerprint density at radius 1 is 1.33 bits per heavy atom. The smallest absolute Gasteiger partial charge is 0.405 e. The number of carboxylic acid groups (broad SMARTS) is 1. The van der Waals surface area contributed by atoms with Crippen LogP contribution in [0.25, 0.3) is 0 Å². The first-order chi connectivity index (χ1) is 8.32. The van der Waals surface area contributed by atoms with Gasteiger partial charge in [-0.3, -0.25) is 0 Å².